The number of carbonyl (C=O) groups excluding carboxylic acids is 2. The molecule has 1 atom stereocenters. The van der Waals surface area contributed by atoms with Gasteiger partial charge in [0.25, 0.3) is 11.6 Å². The van der Waals surface area contributed by atoms with Crippen LogP contribution < -0.4 is 5.32 Å². The number of nitrogens with one attached hydrogen (secondary N) is 1. The molecule has 0 fully saturated rings. The topological polar surface area (TPSA) is 122 Å². The summed E-state index contributed by atoms with van der Waals surface area (Å²) in [5, 5.41) is 22.5. The van der Waals surface area contributed by atoms with Crippen molar-refractivity contribution in [2.24, 2.45) is 0 Å². The predicted octanol–water partition coefficient (Wildman–Crippen LogP) is 3.61. The van der Waals surface area contributed by atoms with Gasteiger partial charge in [-0.1, -0.05) is 17.7 Å². The number of carbonyl (C=O) groups is 2. The second kappa shape index (κ2) is 8.29. The summed E-state index contributed by atoms with van der Waals surface area (Å²) < 4.78 is 5.10. The number of nitrogens with zero attached hydrogens (tertiary/aromatic N) is 2. The first kappa shape index (κ1) is 19.9. The fraction of sp³-hybridized carbons (Fsp3) is 0.167. The number of amides is 1. The van der Waals surface area contributed by atoms with Gasteiger partial charge in [0.05, 0.1) is 21.1 Å². The van der Waals surface area contributed by atoms with Gasteiger partial charge in [0, 0.05) is 17.3 Å². The van der Waals surface area contributed by atoms with Crippen LogP contribution in [0.2, 0.25) is 5.02 Å². The van der Waals surface area contributed by atoms with Gasteiger partial charge >= 0.3 is 5.97 Å². The van der Waals surface area contributed by atoms with Gasteiger partial charge in [0.15, 0.2) is 6.10 Å². The van der Waals surface area contributed by atoms with Crippen molar-refractivity contribution in [3.8, 4) is 6.07 Å². The summed E-state index contributed by atoms with van der Waals surface area (Å²) in [5.41, 5.74) is 0.534. The third-order valence-electron chi connectivity index (χ3n) is 3.73. The third kappa shape index (κ3) is 4.59. The van der Waals surface area contributed by atoms with Crippen LogP contribution in [-0.4, -0.2) is 22.9 Å². The van der Waals surface area contributed by atoms with Gasteiger partial charge in [-0.25, -0.2) is 4.79 Å². The van der Waals surface area contributed by atoms with Crippen LogP contribution in [0.4, 0.5) is 11.4 Å². The average Bonchev–Trinajstić information content (AvgIpc) is 2.61. The maximum Gasteiger partial charge on any atom is 0.339 e. The first-order valence-corrected chi connectivity index (χ1v) is 8.08. The van der Waals surface area contributed by atoms with E-state index in [-0.39, 0.29) is 27.4 Å². The van der Waals surface area contributed by atoms with Crippen LogP contribution in [0.3, 0.4) is 0 Å². The third-order valence-corrected chi connectivity index (χ3v) is 4.04. The number of benzene rings is 2. The van der Waals surface area contributed by atoms with Crippen molar-refractivity contribution in [3.05, 3.63) is 68.2 Å². The SMILES string of the molecule is Cc1c(C(=O)OC(C)C(=O)Nc2ccc(C#N)c(Cl)c2)cccc1[N+](=O)[O-]. The second-order valence-electron chi connectivity index (χ2n) is 5.55. The lowest BCUT2D eigenvalue weighted by Crippen LogP contribution is -2.30. The Bertz CT molecular complexity index is 968. The monoisotopic (exact) mass is 387 g/mol. The Morgan fingerprint density at radius 2 is 2.04 bits per heavy atom. The summed E-state index contributed by atoms with van der Waals surface area (Å²) in [6.07, 6.45) is -1.16. The molecule has 9 heteroatoms. The van der Waals surface area contributed by atoms with Gasteiger partial charge in [-0.2, -0.15) is 5.26 Å². The number of hydrogen-bond donors (Lipinski definition) is 1. The summed E-state index contributed by atoms with van der Waals surface area (Å²) in [5.74, 6) is -1.47. The minimum absolute atomic E-state index is 0.00488. The number of nitro groups is 1. The van der Waals surface area contributed by atoms with Crippen LogP contribution >= 0.6 is 11.6 Å². The van der Waals surface area contributed by atoms with E-state index in [1.807, 2.05) is 6.07 Å². The zero-order valence-electron chi connectivity index (χ0n) is 14.4. The smallest absolute Gasteiger partial charge is 0.339 e. The van der Waals surface area contributed by atoms with E-state index in [2.05, 4.69) is 5.32 Å². The average molecular weight is 388 g/mol. The van der Waals surface area contributed by atoms with Gasteiger partial charge in [-0.3, -0.25) is 14.9 Å². The Morgan fingerprint density at radius 1 is 1.33 bits per heavy atom. The van der Waals surface area contributed by atoms with Crippen LogP contribution in [0, 0.1) is 28.4 Å². The molecule has 2 rings (SSSR count). The maximum atomic E-state index is 12.3. The molecule has 0 saturated heterocycles. The number of ether oxygens (including phenoxy) is 1. The van der Waals surface area contributed by atoms with E-state index in [9.17, 15) is 19.7 Å². The molecule has 0 aliphatic heterocycles. The molecule has 0 spiro atoms. The van der Waals surface area contributed by atoms with Crippen LogP contribution in [0.15, 0.2) is 36.4 Å². The molecule has 1 unspecified atom stereocenters. The summed E-state index contributed by atoms with van der Waals surface area (Å²) in [6.45, 7) is 2.80. The first-order valence-electron chi connectivity index (χ1n) is 7.70. The lowest BCUT2D eigenvalue weighted by Gasteiger charge is -2.14. The molecule has 0 bridgehead atoms. The van der Waals surface area contributed by atoms with Gasteiger partial charge < -0.3 is 10.1 Å². The Morgan fingerprint density at radius 3 is 2.63 bits per heavy atom. The van der Waals surface area contributed by atoms with Crippen LogP contribution in [0.1, 0.15) is 28.4 Å². The van der Waals surface area contributed by atoms with Crippen molar-refractivity contribution in [3.63, 3.8) is 0 Å². The molecule has 1 amide bonds. The molecular formula is C18H14ClN3O5. The summed E-state index contributed by atoms with van der Waals surface area (Å²) in [7, 11) is 0. The lowest BCUT2D eigenvalue weighted by molar-refractivity contribution is -0.385. The molecule has 8 nitrogen and oxygen atoms in total. The van der Waals surface area contributed by atoms with Gasteiger partial charge in [0.2, 0.25) is 0 Å². The molecule has 2 aromatic rings. The summed E-state index contributed by atoms with van der Waals surface area (Å²) >= 11 is 5.90. The highest BCUT2D eigenvalue weighted by molar-refractivity contribution is 6.32. The zero-order valence-corrected chi connectivity index (χ0v) is 15.1. The van der Waals surface area contributed by atoms with Gasteiger partial charge in [-0.15, -0.1) is 0 Å². The molecule has 27 heavy (non-hydrogen) atoms. The molecule has 0 aromatic heterocycles. The molecule has 0 aliphatic rings. The van der Waals surface area contributed by atoms with E-state index < -0.39 is 22.9 Å². The van der Waals surface area contributed by atoms with E-state index in [0.29, 0.717) is 5.69 Å². The highest BCUT2D eigenvalue weighted by Crippen LogP contribution is 2.23. The largest absolute Gasteiger partial charge is 0.449 e. The normalized spacial score (nSPS) is 11.2. The Balaban J connectivity index is 2.09. The number of hydrogen-bond acceptors (Lipinski definition) is 6. The minimum atomic E-state index is -1.16. The van der Waals surface area contributed by atoms with Crippen molar-refractivity contribution in [2.45, 2.75) is 20.0 Å². The maximum absolute atomic E-state index is 12.3. The summed E-state index contributed by atoms with van der Waals surface area (Å²) in [4.78, 5) is 34.8. The number of nitriles is 1. The fourth-order valence-corrected chi connectivity index (χ4v) is 2.47. The standard InChI is InChI=1S/C18H14ClN3O5/c1-10-14(4-3-5-16(10)22(25)26)18(24)27-11(2)17(23)21-13-7-6-12(9-20)15(19)8-13/h3-8,11H,1-2H3,(H,21,23). The van der Waals surface area contributed by atoms with Crippen molar-refractivity contribution >= 4 is 34.9 Å². The van der Waals surface area contributed by atoms with Crippen molar-refractivity contribution < 1.29 is 19.2 Å². The molecule has 2 aromatic carbocycles. The van der Waals surface area contributed by atoms with Crippen molar-refractivity contribution in [1.82, 2.24) is 0 Å². The Labute approximate surface area is 159 Å². The lowest BCUT2D eigenvalue weighted by atomic mass is 10.1. The van der Waals surface area contributed by atoms with Gasteiger partial charge in [-0.05, 0) is 38.1 Å². The van der Waals surface area contributed by atoms with E-state index >= 15 is 0 Å². The molecule has 0 radical (unpaired) electrons. The molecule has 0 heterocycles. The van der Waals surface area contributed by atoms with E-state index in [4.69, 9.17) is 21.6 Å². The zero-order chi connectivity index (χ0) is 20.1. The van der Waals surface area contributed by atoms with E-state index in [0.717, 1.165) is 0 Å². The number of esters is 1. The molecule has 0 saturated carbocycles. The molecular weight excluding hydrogens is 374 g/mol. The van der Waals surface area contributed by atoms with Gasteiger partial charge in [0.1, 0.15) is 6.07 Å². The Kier molecular flexibility index (Phi) is 6.11. The number of anilines is 1. The van der Waals surface area contributed by atoms with Crippen molar-refractivity contribution in [2.75, 3.05) is 5.32 Å². The van der Waals surface area contributed by atoms with Crippen LogP contribution in [0.5, 0.6) is 0 Å². The number of rotatable bonds is 5. The van der Waals surface area contributed by atoms with Crippen LogP contribution in [-0.2, 0) is 9.53 Å². The number of nitro benzene ring substituents is 1. The van der Waals surface area contributed by atoms with Crippen molar-refractivity contribution in [1.29, 1.82) is 5.26 Å². The summed E-state index contributed by atoms with van der Waals surface area (Å²) in [6, 6.07) is 10.3. The van der Waals surface area contributed by atoms with E-state index in [1.54, 1.807) is 0 Å². The highest BCUT2D eigenvalue weighted by atomic mass is 35.5. The molecule has 0 aliphatic carbocycles. The minimum Gasteiger partial charge on any atom is -0.449 e. The Hall–Kier alpha value is -3.44. The predicted molar refractivity (Wildman–Crippen MR) is 97.5 cm³/mol. The second-order valence-corrected chi connectivity index (χ2v) is 5.96. The molecule has 1 N–H and O–H groups in total. The first-order chi connectivity index (χ1) is 12.7. The fourth-order valence-electron chi connectivity index (χ4n) is 2.25. The number of halogens is 1. The van der Waals surface area contributed by atoms with Crippen LogP contribution in [0.25, 0.3) is 0 Å². The van der Waals surface area contributed by atoms with E-state index in [1.165, 1.54) is 50.2 Å². The quantitative estimate of drug-likeness (QED) is 0.475. The highest BCUT2D eigenvalue weighted by Gasteiger charge is 2.23. The molecule has 138 valence electrons.